The highest BCUT2D eigenvalue weighted by atomic mass is 16.1. The number of aromatic nitrogens is 2. The zero-order valence-corrected chi connectivity index (χ0v) is 14.4. The standard InChI is InChI=1S/C20H21N3O2/c1-13(2)14-7-3-4-8-15(14)22-19(24)12-11-18-20(25)23-17-10-6-5-9-16(17)21-18/h3-10,13H,11-12H2,1-2H3,(H,22,24)(H,23,25). The van der Waals surface area contributed by atoms with Crippen LogP contribution in [0.2, 0.25) is 0 Å². The van der Waals surface area contributed by atoms with Gasteiger partial charge in [0.25, 0.3) is 5.56 Å². The maximum atomic E-state index is 12.3. The van der Waals surface area contributed by atoms with E-state index in [9.17, 15) is 9.59 Å². The molecule has 0 saturated heterocycles. The molecule has 0 aliphatic rings. The van der Waals surface area contributed by atoms with Gasteiger partial charge in [0.05, 0.1) is 11.0 Å². The molecule has 3 rings (SSSR count). The Labute approximate surface area is 146 Å². The fourth-order valence-corrected chi connectivity index (χ4v) is 2.80. The molecule has 25 heavy (non-hydrogen) atoms. The van der Waals surface area contributed by atoms with Crippen LogP contribution in [0.4, 0.5) is 5.69 Å². The van der Waals surface area contributed by atoms with E-state index < -0.39 is 0 Å². The number of carbonyl (C=O) groups is 1. The van der Waals surface area contributed by atoms with Gasteiger partial charge >= 0.3 is 0 Å². The molecule has 3 aromatic rings. The maximum Gasteiger partial charge on any atom is 0.270 e. The summed E-state index contributed by atoms with van der Waals surface area (Å²) in [6.45, 7) is 4.17. The van der Waals surface area contributed by atoms with Crippen LogP contribution in [0.25, 0.3) is 11.0 Å². The summed E-state index contributed by atoms with van der Waals surface area (Å²) in [7, 11) is 0. The third-order valence-electron chi connectivity index (χ3n) is 4.12. The number of carbonyl (C=O) groups excluding carboxylic acids is 1. The van der Waals surface area contributed by atoms with Crippen molar-refractivity contribution in [3.8, 4) is 0 Å². The average Bonchev–Trinajstić information content (AvgIpc) is 2.60. The summed E-state index contributed by atoms with van der Waals surface area (Å²) >= 11 is 0. The Morgan fingerprint density at radius 3 is 2.64 bits per heavy atom. The minimum absolute atomic E-state index is 0.123. The number of benzene rings is 2. The Balaban J connectivity index is 1.71. The second-order valence-corrected chi connectivity index (χ2v) is 6.32. The van der Waals surface area contributed by atoms with Crippen molar-refractivity contribution in [2.45, 2.75) is 32.6 Å². The van der Waals surface area contributed by atoms with Crippen LogP contribution >= 0.6 is 0 Å². The van der Waals surface area contributed by atoms with Gasteiger partial charge in [-0.15, -0.1) is 0 Å². The Bertz CT molecular complexity index is 960. The third-order valence-corrected chi connectivity index (χ3v) is 4.12. The summed E-state index contributed by atoms with van der Waals surface area (Å²) in [6, 6.07) is 15.1. The molecule has 2 aromatic carbocycles. The first-order valence-corrected chi connectivity index (χ1v) is 8.41. The van der Waals surface area contributed by atoms with Crippen molar-refractivity contribution in [2.24, 2.45) is 0 Å². The lowest BCUT2D eigenvalue weighted by atomic mass is 10.0. The number of nitrogens with one attached hydrogen (secondary N) is 2. The Morgan fingerprint density at radius 1 is 1.12 bits per heavy atom. The number of aryl methyl sites for hydroxylation is 1. The molecule has 0 bridgehead atoms. The van der Waals surface area contributed by atoms with Gasteiger partial charge in [0.1, 0.15) is 5.69 Å². The Morgan fingerprint density at radius 2 is 1.84 bits per heavy atom. The van der Waals surface area contributed by atoms with Gasteiger partial charge in [0.2, 0.25) is 5.91 Å². The van der Waals surface area contributed by atoms with Gasteiger partial charge in [-0.2, -0.15) is 0 Å². The Hall–Kier alpha value is -2.95. The first-order chi connectivity index (χ1) is 12.0. The average molecular weight is 335 g/mol. The normalized spacial score (nSPS) is 11.0. The third kappa shape index (κ3) is 3.94. The SMILES string of the molecule is CC(C)c1ccccc1NC(=O)CCc1nc2ccccc2[nH]c1=O. The first-order valence-electron chi connectivity index (χ1n) is 8.41. The molecule has 0 aliphatic heterocycles. The number of anilines is 1. The van der Waals surface area contributed by atoms with Crippen molar-refractivity contribution >= 4 is 22.6 Å². The van der Waals surface area contributed by atoms with E-state index >= 15 is 0 Å². The van der Waals surface area contributed by atoms with E-state index in [0.29, 0.717) is 23.5 Å². The summed E-state index contributed by atoms with van der Waals surface area (Å²) in [6.07, 6.45) is 0.511. The molecule has 128 valence electrons. The predicted octanol–water partition coefficient (Wildman–Crippen LogP) is 3.62. The number of aromatic amines is 1. The van der Waals surface area contributed by atoms with Crippen LogP contribution in [0, 0.1) is 0 Å². The predicted molar refractivity (Wildman–Crippen MR) is 99.8 cm³/mol. The van der Waals surface area contributed by atoms with Crippen LogP contribution in [0.5, 0.6) is 0 Å². The zero-order valence-electron chi connectivity index (χ0n) is 14.4. The van der Waals surface area contributed by atoms with Gasteiger partial charge < -0.3 is 10.3 Å². The van der Waals surface area contributed by atoms with Crippen LogP contribution in [-0.2, 0) is 11.2 Å². The monoisotopic (exact) mass is 335 g/mol. The van der Waals surface area contributed by atoms with Crippen LogP contribution in [0.15, 0.2) is 53.3 Å². The molecule has 0 aliphatic carbocycles. The summed E-state index contributed by atoms with van der Waals surface area (Å²) in [5.41, 5.74) is 3.48. The topological polar surface area (TPSA) is 74.8 Å². The van der Waals surface area contributed by atoms with E-state index in [-0.39, 0.29) is 17.9 Å². The van der Waals surface area contributed by atoms with Crippen LogP contribution in [0.3, 0.4) is 0 Å². The molecule has 0 radical (unpaired) electrons. The molecule has 5 heteroatoms. The number of amides is 1. The zero-order chi connectivity index (χ0) is 17.8. The van der Waals surface area contributed by atoms with Gasteiger partial charge in [-0.25, -0.2) is 4.98 Å². The van der Waals surface area contributed by atoms with Crippen molar-refractivity contribution in [3.05, 3.63) is 70.1 Å². The van der Waals surface area contributed by atoms with Gasteiger partial charge in [-0.3, -0.25) is 9.59 Å². The van der Waals surface area contributed by atoms with Gasteiger partial charge in [-0.1, -0.05) is 44.2 Å². The lowest BCUT2D eigenvalue weighted by Gasteiger charge is -2.13. The molecule has 0 saturated carbocycles. The second-order valence-electron chi connectivity index (χ2n) is 6.32. The second kappa shape index (κ2) is 7.30. The molecular weight excluding hydrogens is 314 g/mol. The van der Waals surface area contributed by atoms with Crippen LogP contribution in [-0.4, -0.2) is 15.9 Å². The molecule has 5 nitrogen and oxygen atoms in total. The molecular formula is C20H21N3O2. The number of fused-ring (bicyclic) bond motifs is 1. The number of para-hydroxylation sites is 3. The summed E-state index contributed by atoms with van der Waals surface area (Å²) < 4.78 is 0. The highest BCUT2D eigenvalue weighted by Crippen LogP contribution is 2.23. The van der Waals surface area contributed by atoms with Gasteiger partial charge in [0, 0.05) is 18.5 Å². The maximum absolute atomic E-state index is 12.3. The van der Waals surface area contributed by atoms with Gasteiger partial charge in [-0.05, 0) is 29.7 Å². The van der Waals surface area contributed by atoms with Crippen molar-refractivity contribution in [2.75, 3.05) is 5.32 Å². The minimum atomic E-state index is -0.242. The summed E-state index contributed by atoms with van der Waals surface area (Å²) in [4.78, 5) is 31.6. The molecule has 2 N–H and O–H groups in total. The smallest absolute Gasteiger partial charge is 0.270 e. The molecule has 0 fully saturated rings. The van der Waals surface area contributed by atoms with Crippen molar-refractivity contribution in [3.63, 3.8) is 0 Å². The van der Waals surface area contributed by atoms with Crippen LogP contribution in [0.1, 0.15) is 37.4 Å². The first kappa shape index (κ1) is 16.9. The van der Waals surface area contributed by atoms with E-state index in [4.69, 9.17) is 0 Å². The quantitative estimate of drug-likeness (QED) is 0.748. The number of H-pyrrole nitrogens is 1. The van der Waals surface area contributed by atoms with Crippen LogP contribution < -0.4 is 10.9 Å². The highest BCUT2D eigenvalue weighted by molar-refractivity contribution is 5.91. The van der Waals surface area contributed by atoms with Gasteiger partial charge in [0.15, 0.2) is 0 Å². The lowest BCUT2D eigenvalue weighted by Crippen LogP contribution is -2.19. The fourth-order valence-electron chi connectivity index (χ4n) is 2.80. The number of rotatable bonds is 5. The van der Waals surface area contributed by atoms with Crippen molar-refractivity contribution in [1.82, 2.24) is 9.97 Å². The summed E-state index contributed by atoms with van der Waals surface area (Å²) in [5, 5.41) is 2.94. The largest absolute Gasteiger partial charge is 0.326 e. The van der Waals surface area contributed by atoms with E-state index in [2.05, 4.69) is 29.1 Å². The molecule has 1 aromatic heterocycles. The fraction of sp³-hybridized carbons (Fsp3) is 0.250. The van der Waals surface area contributed by atoms with Crippen molar-refractivity contribution < 1.29 is 4.79 Å². The molecule has 0 spiro atoms. The van der Waals surface area contributed by atoms with E-state index in [0.717, 1.165) is 16.8 Å². The number of hydrogen-bond acceptors (Lipinski definition) is 3. The van der Waals surface area contributed by atoms with E-state index in [1.165, 1.54) is 0 Å². The van der Waals surface area contributed by atoms with E-state index in [1.807, 2.05) is 48.5 Å². The molecule has 0 atom stereocenters. The molecule has 1 heterocycles. The van der Waals surface area contributed by atoms with Crippen molar-refractivity contribution in [1.29, 1.82) is 0 Å². The Kier molecular flexibility index (Phi) is 4.93. The lowest BCUT2D eigenvalue weighted by molar-refractivity contribution is -0.116. The molecule has 1 amide bonds. The number of hydrogen-bond donors (Lipinski definition) is 2. The molecule has 0 unspecified atom stereocenters. The van der Waals surface area contributed by atoms with E-state index in [1.54, 1.807) is 0 Å². The highest BCUT2D eigenvalue weighted by Gasteiger charge is 2.11. The summed E-state index contributed by atoms with van der Waals surface area (Å²) in [5.74, 6) is 0.198. The number of nitrogens with zero attached hydrogens (tertiary/aromatic N) is 1. The minimum Gasteiger partial charge on any atom is -0.326 e.